The standard InChI is InChI=1S/C11H5Cl3N4O3/c12-6-1-5(2-7(3-6)18(20)21)11(19)17-8-9(13)15-4-16-10(8)14/h1-4H,(H,17,19). The lowest BCUT2D eigenvalue weighted by molar-refractivity contribution is -0.384. The predicted molar refractivity (Wildman–Crippen MR) is 78.1 cm³/mol. The van der Waals surface area contributed by atoms with Crippen LogP contribution in [0.3, 0.4) is 0 Å². The van der Waals surface area contributed by atoms with Gasteiger partial charge >= 0.3 is 0 Å². The highest BCUT2D eigenvalue weighted by molar-refractivity contribution is 6.38. The summed E-state index contributed by atoms with van der Waals surface area (Å²) in [4.78, 5) is 29.5. The molecule has 0 aliphatic carbocycles. The normalized spacial score (nSPS) is 10.2. The van der Waals surface area contributed by atoms with E-state index in [1.807, 2.05) is 0 Å². The maximum Gasteiger partial charge on any atom is 0.271 e. The highest BCUT2D eigenvalue weighted by Gasteiger charge is 2.17. The molecular formula is C11H5Cl3N4O3. The molecule has 1 aromatic heterocycles. The van der Waals surface area contributed by atoms with Crippen molar-refractivity contribution in [2.24, 2.45) is 0 Å². The van der Waals surface area contributed by atoms with Gasteiger partial charge in [0.2, 0.25) is 0 Å². The van der Waals surface area contributed by atoms with Crippen molar-refractivity contribution in [1.29, 1.82) is 0 Å². The van der Waals surface area contributed by atoms with E-state index >= 15 is 0 Å². The van der Waals surface area contributed by atoms with Crippen LogP contribution in [0.25, 0.3) is 0 Å². The summed E-state index contributed by atoms with van der Waals surface area (Å²) in [5, 5.41) is 13.1. The number of aromatic nitrogens is 2. The van der Waals surface area contributed by atoms with E-state index in [-0.39, 0.29) is 32.3 Å². The maximum absolute atomic E-state index is 12.1. The molecule has 0 saturated heterocycles. The van der Waals surface area contributed by atoms with Gasteiger partial charge in [-0.2, -0.15) is 0 Å². The molecule has 1 heterocycles. The molecule has 0 aliphatic heterocycles. The Balaban J connectivity index is 2.35. The van der Waals surface area contributed by atoms with Crippen molar-refractivity contribution < 1.29 is 9.72 Å². The van der Waals surface area contributed by atoms with Crippen LogP contribution in [-0.2, 0) is 0 Å². The molecule has 0 fully saturated rings. The third kappa shape index (κ3) is 3.57. The number of nitrogens with zero attached hydrogens (tertiary/aromatic N) is 3. The minimum atomic E-state index is -0.681. The number of nitro groups is 1. The van der Waals surface area contributed by atoms with E-state index < -0.39 is 10.8 Å². The van der Waals surface area contributed by atoms with Crippen molar-refractivity contribution in [3.8, 4) is 0 Å². The van der Waals surface area contributed by atoms with Crippen molar-refractivity contribution in [3.63, 3.8) is 0 Å². The number of carbonyl (C=O) groups excluding carboxylic acids is 1. The van der Waals surface area contributed by atoms with Crippen molar-refractivity contribution in [2.45, 2.75) is 0 Å². The Kier molecular flexibility index (Phi) is 4.56. The fraction of sp³-hybridized carbons (Fsp3) is 0. The zero-order valence-electron chi connectivity index (χ0n) is 10.0. The number of rotatable bonds is 3. The third-order valence-electron chi connectivity index (χ3n) is 2.35. The molecule has 0 spiro atoms. The number of benzene rings is 1. The zero-order valence-corrected chi connectivity index (χ0v) is 12.3. The SMILES string of the molecule is O=C(Nc1c(Cl)ncnc1Cl)c1cc(Cl)cc([N+](=O)[O-])c1. The predicted octanol–water partition coefficient (Wildman–Crippen LogP) is 3.60. The number of anilines is 1. The first-order valence-electron chi connectivity index (χ1n) is 5.31. The van der Waals surface area contributed by atoms with E-state index in [1.54, 1.807) is 0 Å². The molecule has 1 N–H and O–H groups in total. The van der Waals surface area contributed by atoms with Crippen molar-refractivity contribution >= 4 is 52.1 Å². The summed E-state index contributed by atoms with van der Waals surface area (Å²) >= 11 is 17.3. The molecule has 10 heteroatoms. The van der Waals surface area contributed by atoms with E-state index in [4.69, 9.17) is 34.8 Å². The number of hydrogen-bond donors (Lipinski definition) is 1. The number of non-ortho nitro benzene ring substituents is 1. The van der Waals surface area contributed by atoms with Gasteiger partial charge in [0.25, 0.3) is 11.6 Å². The van der Waals surface area contributed by atoms with Gasteiger partial charge in [0.05, 0.1) is 4.92 Å². The zero-order chi connectivity index (χ0) is 15.6. The minimum Gasteiger partial charge on any atom is -0.317 e. The van der Waals surface area contributed by atoms with Crippen molar-refractivity contribution in [2.75, 3.05) is 5.32 Å². The minimum absolute atomic E-state index is 0.00784. The molecule has 1 amide bonds. The molecule has 1 aromatic carbocycles. The Morgan fingerprint density at radius 2 is 1.76 bits per heavy atom. The average Bonchev–Trinajstić information content (AvgIpc) is 2.42. The van der Waals surface area contributed by atoms with E-state index in [1.165, 1.54) is 6.07 Å². The van der Waals surface area contributed by atoms with E-state index in [0.717, 1.165) is 18.5 Å². The van der Waals surface area contributed by atoms with Crippen LogP contribution in [0.1, 0.15) is 10.4 Å². The molecule has 108 valence electrons. The van der Waals surface area contributed by atoms with Gasteiger partial charge in [-0.25, -0.2) is 9.97 Å². The molecule has 0 unspecified atom stereocenters. The van der Waals surface area contributed by atoms with E-state index in [2.05, 4.69) is 15.3 Å². The average molecular weight is 348 g/mol. The summed E-state index contributed by atoms with van der Waals surface area (Å²) in [6.07, 6.45) is 1.13. The van der Waals surface area contributed by atoms with Crippen LogP contribution in [0.5, 0.6) is 0 Å². The van der Waals surface area contributed by atoms with Gasteiger partial charge in [-0.3, -0.25) is 14.9 Å². The summed E-state index contributed by atoms with van der Waals surface area (Å²) in [6.45, 7) is 0. The van der Waals surface area contributed by atoms with Crippen LogP contribution >= 0.6 is 34.8 Å². The highest BCUT2D eigenvalue weighted by Crippen LogP contribution is 2.27. The summed E-state index contributed by atoms with van der Waals surface area (Å²) < 4.78 is 0. The van der Waals surface area contributed by atoms with Crippen LogP contribution < -0.4 is 5.32 Å². The molecule has 0 atom stereocenters. The monoisotopic (exact) mass is 346 g/mol. The van der Waals surface area contributed by atoms with Gasteiger partial charge in [0.1, 0.15) is 12.0 Å². The van der Waals surface area contributed by atoms with Gasteiger partial charge in [-0.1, -0.05) is 34.8 Å². The van der Waals surface area contributed by atoms with Crippen LogP contribution in [0.4, 0.5) is 11.4 Å². The Hall–Kier alpha value is -1.96. The first-order valence-corrected chi connectivity index (χ1v) is 6.44. The van der Waals surface area contributed by atoms with Crippen molar-refractivity contribution in [1.82, 2.24) is 9.97 Å². The van der Waals surface area contributed by atoms with Gasteiger partial charge in [-0.05, 0) is 6.07 Å². The number of carbonyl (C=O) groups is 1. The quantitative estimate of drug-likeness (QED) is 0.519. The molecule has 0 bridgehead atoms. The van der Waals surface area contributed by atoms with Gasteiger partial charge < -0.3 is 5.32 Å². The second kappa shape index (κ2) is 6.21. The first kappa shape index (κ1) is 15.4. The number of nitrogens with one attached hydrogen (secondary N) is 1. The van der Waals surface area contributed by atoms with Crippen LogP contribution in [0.2, 0.25) is 15.3 Å². The summed E-state index contributed by atoms with van der Waals surface area (Å²) in [6, 6.07) is 3.48. The van der Waals surface area contributed by atoms with Crippen LogP contribution in [0.15, 0.2) is 24.5 Å². The lowest BCUT2D eigenvalue weighted by Crippen LogP contribution is -2.13. The molecule has 2 rings (SSSR count). The molecular weight excluding hydrogens is 343 g/mol. The largest absolute Gasteiger partial charge is 0.317 e. The topological polar surface area (TPSA) is 98.0 Å². The summed E-state index contributed by atoms with van der Waals surface area (Å²) in [5.41, 5.74) is -0.326. The number of amides is 1. The fourth-order valence-electron chi connectivity index (χ4n) is 1.44. The number of halogens is 3. The molecule has 0 saturated carbocycles. The van der Waals surface area contributed by atoms with Crippen LogP contribution in [-0.4, -0.2) is 20.8 Å². The third-order valence-corrected chi connectivity index (χ3v) is 3.14. The molecule has 21 heavy (non-hydrogen) atoms. The highest BCUT2D eigenvalue weighted by atomic mass is 35.5. The molecule has 7 nitrogen and oxygen atoms in total. The smallest absolute Gasteiger partial charge is 0.271 e. The Labute approximate surface area is 133 Å². The summed E-state index contributed by atoms with van der Waals surface area (Å²) in [7, 11) is 0. The lowest BCUT2D eigenvalue weighted by atomic mass is 10.2. The first-order chi connectivity index (χ1) is 9.88. The second-order valence-electron chi connectivity index (χ2n) is 3.74. The number of hydrogen-bond acceptors (Lipinski definition) is 5. The fourth-order valence-corrected chi connectivity index (χ4v) is 2.08. The lowest BCUT2D eigenvalue weighted by Gasteiger charge is -2.07. The van der Waals surface area contributed by atoms with Gasteiger partial charge in [0, 0.05) is 22.7 Å². The summed E-state index contributed by atoms with van der Waals surface area (Å²) in [5.74, 6) is -0.681. The van der Waals surface area contributed by atoms with E-state index in [0.29, 0.717) is 0 Å². The molecule has 0 aliphatic rings. The second-order valence-corrected chi connectivity index (χ2v) is 4.89. The van der Waals surface area contributed by atoms with Gasteiger partial charge in [0.15, 0.2) is 10.3 Å². The Morgan fingerprint density at radius 1 is 1.14 bits per heavy atom. The Bertz CT molecular complexity index is 718. The van der Waals surface area contributed by atoms with Crippen LogP contribution in [0, 0.1) is 10.1 Å². The molecule has 2 aromatic rings. The number of nitro benzene ring substituents is 1. The Morgan fingerprint density at radius 3 is 2.33 bits per heavy atom. The van der Waals surface area contributed by atoms with E-state index in [9.17, 15) is 14.9 Å². The maximum atomic E-state index is 12.1. The molecule has 0 radical (unpaired) electrons. The van der Waals surface area contributed by atoms with Crippen molar-refractivity contribution in [3.05, 3.63) is 55.5 Å². The van der Waals surface area contributed by atoms with Gasteiger partial charge in [-0.15, -0.1) is 0 Å².